The average molecular weight is 256 g/mol. The van der Waals surface area contributed by atoms with E-state index in [1.165, 1.54) is 0 Å². The smallest absolute Gasteiger partial charge is 0.338 e. The lowest BCUT2D eigenvalue weighted by Gasteiger charge is -2.22. The highest BCUT2D eigenvalue weighted by atomic mass is 35.5. The second-order valence-electron chi connectivity index (χ2n) is 4.16. The lowest BCUT2D eigenvalue weighted by molar-refractivity contribution is 0.0416. The van der Waals surface area contributed by atoms with Crippen molar-refractivity contribution in [1.82, 2.24) is 5.32 Å². The van der Waals surface area contributed by atoms with Crippen molar-refractivity contribution in [2.75, 3.05) is 19.7 Å². The van der Waals surface area contributed by atoms with Gasteiger partial charge in [-0.1, -0.05) is 18.2 Å². The van der Waals surface area contributed by atoms with Gasteiger partial charge in [0.25, 0.3) is 0 Å². The van der Waals surface area contributed by atoms with Crippen LogP contribution >= 0.6 is 12.4 Å². The topological polar surface area (TPSA) is 38.3 Å². The van der Waals surface area contributed by atoms with Gasteiger partial charge in [-0.15, -0.1) is 12.4 Å². The third-order valence-corrected chi connectivity index (χ3v) is 2.92. The first-order valence-corrected chi connectivity index (χ1v) is 5.79. The van der Waals surface area contributed by atoms with E-state index in [0.29, 0.717) is 18.1 Å². The molecule has 0 amide bonds. The first-order chi connectivity index (χ1) is 7.86. The molecule has 0 radical (unpaired) electrons. The number of piperidine rings is 1. The predicted molar refractivity (Wildman–Crippen MR) is 69.6 cm³/mol. The van der Waals surface area contributed by atoms with Crippen molar-refractivity contribution in [3.8, 4) is 0 Å². The lowest BCUT2D eigenvalue weighted by atomic mass is 9.99. The Kier molecular flexibility index (Phi) is 6.01. The SMILES string of the molecule is Cl.O=C(OCC1CCNCC1)c1ccccc1. The number of benzene rings is 1. The van der Waals surface area contributed by atoms with Gasteiger partial charge in [0.15, 0.2) is 0 Å². The molecule has 94 valence electrons. The number of hydrogen-bond acceptors (Lipinski definition) is 3. The molecule has 1 saturated heterocycles. The van der Waals surface area contributed by atoms with Gasteiger partial charge in [0.05, 0.1) is 12.2 Å². The monoisotopic (exact) mass is 255 g/mol. The van der Waals surface area contributed by atoms with Crippen LogP contribution in [0.4, 0.5) is 0 Å². The molecule has 3 nitrogen and oxygen atoms in total. The predicted octanol–water partition coefficient (Wildman–Crippen LogP) is 2.26. The summed E-state index contributed by atoms with van der Waals surface area (Å²) >= 11 is 0. The summed E-state index contributed by atoms with van der Waals surface area (Å²) in [5.41, 5.74) is 0.636. The van der Waals surface area contributed by atoms with Crippen molar-refractivity contribution in [1.29, 1.82) is 0 Å². The summed E-state index contributed by atoms with van der Waals surface area (Å²) in [6.45, 7) is 2.62. The number of rotatable bonds is 3. The number of halogens is 1. The number of nitrogens with one attached hydrogen (secondary N) is 1. The molecule has 0 saturated carbocycles. The number of hydrogen-bond donors (Lipinski definition) is 1. The van der Waals surface area contributed by atoms with Gasteiger partial charge in [-0.25, -0.2) is 4.79 Å². The maximum Gasteiger partial charge on any atom is 0.338 e. The molecule has 1 N–H and O–H groups in total. The minimum Gasteiger partial charge on any atom is -0.462 e. The van der Waals surface area contributed by atoms with E-state index < -0.39 is 0 Å². The molecule has 4 heteroatoms. The lowest BCUT2D eigenvalue weighted by Crippen LogP contribution is -2.30. The maximum atomic E-state index is 11.6. The molecule has 1 aromatic carbocycles. The summed E-state index contributed by atoms with van der Waals surface area (Å²) in [6.07, 6.45) is 2.20. The Morgan fingerprint density at radius 2 is 1.88 bits per heavy atom. The van der Waals surface area contributed by atoms with Crippen LogP contribution in [0.2, 0.25) is 0 Å². The molecule has 1 heterocycles. The van der Waals surface area contributed by atoms with Gasteiger partial charge >= 0.3 is 5.97 Å². The minimum absolute atomic E-state index is 0. The summed E-state index contributed by atoms with van der Waals surface area (Å²) < 4.78 is 5.30. The van der Waals surface area contributed by atoms with Crippen LogP contribution < -0.4 is 5.32 Å². The number of ether oxygens (including phenoxy) is 1. The number of carbonyl (C=O) groups excluding carboxylic acids is 1. The van der Waals surface area contributed by atoms with Crippen LogP contribution in [0.15, 0.2) is 30.3 Å². The van der Waals surface area contributed by atoms with Crippen LogP contribution in [0.3, 0.4) is 0 Å². The van der Waals surface area contributed by atoms with Crippen LogP contribution in [-0.4, -0.2) is 25.7 Å². The molecule has 0 atom stereocenters. The Morgan fingerprint density at radius 3 is 2.53 bits per heavy atom. The van der Waals surface area contributed by atoms with Crippen molar-refractivity contribution in [3.05, 3.63) is 35.9 Å². The van der Waals surface area contributed by atoms with Gasteiger partial charge in [-0.05, 0) is 44.0 Å². The fraction of sp³-hybridized carbons (Fsp3) is 0.462. The largest absolute Gasteiger partial charge is 0.462 e. The third kappa shape index (κ3) is 4.36. The summed E-state index contributed by atoms with van der Waals surface area (Å²) in [6, 6.07) is 9.15. The standard InChI is InChI=1S/C13H17NO2.ClH/c15-13(12-4-2-1-3-5-12)16-10-11-6-8-14-9-7-11;/h1-5,11,14H,6-10H2;1H. The van der Waals surface area contributed by atoms with E-state index in [-0.39, 0.29) is 18.4 Å². The molecule has 0 aliphatic carbocycles. The zero-order valence-electron chi connectivity index (χ0n) is 9.72. The molecular weight excluding hydrogens is 238 g/mol. The van der Waals surface area contributed by atoms with Gasteiger partial charge in [0.1, 0.15) is 0 Å². The minimum atomic E-state index is -0.209. The van der Waals surface area contributed by atoms with Crippen molar-refractivity contribution in [2.24, 2.45) is 5.92 Å². The van der Waals surface area contributed by atoms with Crippen LogP contribution in [0.25, 0.3) is 0 Å². The van der Waals surface area contributed by atoms with Gasteiger partial charge in [0, 0.05) is 0 Å². The fourth-order valence-electron chi connectivity index (χ4n) is 1.90. The number of carbonyl (C=O) groups is 1. The van der Waals surface area contributed by atoms with Gasteiger partial charge < -0.3 is 10.1 Å². The van der Waals surface area contributed by atoms with E-state index in [2.05, 4.69) is 5.32 Å². The van der Waals surface area contributed by atoms with Gasteiger partial charge in [-0.3, -0.25) is 0 Å². The van der Waals surface area contributed by atoms with Crippen molar-refractivity contribution in [2.45, 2.75) is 12.8 Å². The Balaban J connectivity index is 0.00000144. The highest BCUT2D eigenvalue weighted by Gasteiger charge is 2.15. The van der Waals surface area contributed by atoms with Crippen LogP contribution in [0.5, 0.6) is 0 Å². The quantitative estimate of drug-likeness (QED) is 0.842. The highest BCUT2D eigenvalue weighted by Crippen LogP contribution is 2.12. The fourth-order valence-corrected chi connectivity index (χ4v) is 1.90. The van der Waals surface area contributed by atoms with Gasteiger partial charge in [0.2, 0.25) is 0 Å². The molecule has 0 spiro atoms. The maximum absolute atomic E-state index is 11.6. The van der Waals surface area contributed by atoms with E-state index in [4.69, 9.17) is 4.74 Å². The van der Waals surface area contributed by atoms with E-state index >= 15 is 0 Å². The Labute approximate surface area is 108 Å². The van der Waals surface area contributed by atoms with E-state index in [0.717, 1.165) is 25.9 Å². The molecule has 0 aromatic heterocycles. The second kappa shape index (κ2) is 7.30. The Hall–Kier alpha value is -1.06. The van der Waals surface area contributed by atoms with Crippen molar-refractivity contribution in [3.63, 3.8) is 0 Å². The zero-order chi connectivity index (χ0) is 11.2. The molecule has 1 fully saturated rings. The van der Waals surface area contributed by atoms with Gasteiger partial charge in [-0.2, -0.15) is 0 Å². The van der Waals surface area contributed by atoms with Crippen molar-refractivity contribution < 1.29 is 9.53 Å². The molecule has 17 heavy (non-hydrogen) atoms. The van der Waals surface area contributed by atoms with E-state index in [9.17, 15) is 4.79 Å². The normalized spacial score (nSPS) is 16.0. The molecular formula is C13H18ClNO2. The summed E-state index contributed by atoms with van der Waals surface area (Å²) in [5, 5.41) is 3.29. The van der Waals surface area contributed by atoms with Crippen LogP contribution in [0, 0.1) is 5.92 Å². The molecule has 0 bridgehead atoms. The summed E-state index contributed by atoms with van der Waals surface area (Å²) in [7, 11) is 0. The molecule has 1 aliphatic rings. The molecule has 0 unspecified atom stereocenters. The summed E-state index contributed by atoms with van der Waals surface area (Å²) in [5.74, 6) is 0.313. The Bertz CT molecular complexity index is 337. The first-order valence-electron chi connectivity index (χ1n) is 5.79. The van der Waals surface area contributed by atoms with Crippen LogP contribution in [0.1, 0.15) is 23.2 Å². The van der Waals surface area contributed by atoms with Crippen LogP contribution in [-0.2, 0) is 4.74 Å². The zero-order valence-corrected chi connectivity index (χ0v) is 10.5. The average Bonchev–Trinajstić information content (AvgIpc) is 2.38. The second-order valence-corrected chi connectivity index (χ2v) is 4.16. The summed E-state index contributed by atoms with van der Waals surface area (Å²) in [4.78, 5) is 11.6. The first kappa shape index (κ1) is 14.0. The Morgan fingerprint density at radius 1 is 1.24 bits per heavy atom. The molecule has 1 aromatic rings. The van der Waals surface area contributed by atoms with Crippen molar-refractivity contribution >= 4 is 18.4 Å². The van der Waals surface area contributed by atoms with E-state index in [1.807, 2.05) is 18.2 Å². The highest BCUT2D eigenvalue weighted by molar-refractivity contribution is 5.89. The third-order valence-electron chi connectivity index (χ3n) is 2.92. The molecule has 2 rings (SSSR count). The number of esters is 1. The van der Waals surface area contributed by atoms with E-state index in [1.54, 1.807) is 12.1 Å². The molecule has 1 aliphatic heterocycles.